The van der Waals surface area contributed by atoms with Crippen LogP contribution in [0.2, 0.25) is 10.0 Å². The van der Waals surface area contributed by atoms with Gasteiger partial charge < -0.3 is 0 Å². The van der Waals surface area contributed by atoms with Gasteiger partial charge in [0.05, 0.1) is 12.9 Å². The summed E-state index contributed by atoms with van der Waals surface area (Å²) in [6, 6.07) is 14.8. The Morgan fingerprint density at radius 1 is 1.05 bits per heavy atom. The maximum atomic E-state index is 11.3. The number of hydrogen-bond donors (Lipinski definition) is 0. The van der Waals surface area contributed by atoms with Crippen LogP contribution in [0.1, 0.15) is 17.0 Å². The summed E-state index contributed by atoms with van der Waals surface area (Å²) in [5.41, 5.74) is 1.90. The predicted molar refractivity (Wildman–Crippen MR) is 90.1 cm³/mol. The van der Waals surface area contributed by atoms with Gasteiger partial charge in [0.2, 0.25) is 0 Å². The van der Waals surface area contributed by atoms with Crippen molar-refractivity contribution in [2.45, 2.75) is 12.3 Å². The van der Waals surface area contributed by atoms with E-state index in [-0.39, 0.29) is 12.5 Å². The van der Waals surface area contributed by atoms with E-state index < -0.39 is 10.1 Å². The molecule has 2 aromatic rings. The molecule has 0 spiro atoms. The molecule has 6 heteroatoms. The summed E-state index contributed by atoms with van der Waals surface area (Å²) in [5.74, 6) is -0.162. The van der Waals surface area contributed by atoms with Crippen LogP contribution in [0.3, 0.4) is 0 Å². The first kappa shape index (κ1) is 17.3. The van der Waals surface area contributed by atoms with E-state index in [0.29, 0.717) is 16.5 Å². The highest BCUT2D eigenvalue weighted by molar-refractivity contribution is 7.85. The lowest BCUT2D eigenvalue weighted by Gasteiger charge is -2.18. The molecule has 0 N–H and O–H groups in total. The SMILES string of the molecule is CS(=O)(=O)OCC(Cc1ccc(Cl)cc1)c1ccccc1Cl. The smallest absolute Gasteiger partial charge is 0.264 e. The molecule has 0 aromatic heterocycles. The van der Waals surface area contributed by atoms with Crippen molar-refractivity contribution in [2.75, 3.05) is 12.9 Å². The molecule has 0 amide bonds. The fourth-order valence-electron chi connectivity index (χ4n) is 2.18. The standard InChI is InChI=1S/C16H16Cl2O3S/c1-22(19,20)21-11-13(15-4-2-3-5-16(15)18)10-12-6-8-14(17)9-7-12/h2-9,13H,10-11H2,1H3. The Balaban J connectivity index is 2.25. The van der Waals surface area contributed by atoms with Gasteiger partial charge in [0.25, 0.3) is 10.1 Å². The molecule has 0 fully saturated rings. The molecule has 0 saturated carbocycles. The first-order valence-electron chi connectivity index (χ1n) is 6.68. The molecule has 1 unspecified atom stereocenters. The highest BCUT2D eigenvalue weighted by Crippen LogP contribution is 2.28. The van der Waals surface area contributed by atoms with Crippen molar-refractivity contribution in [1.29, 1.82) is 0 Å². The van der Waals surface area contributed by atoms with Crippen LogP contribution < -0.4 is 0 Å². The minimum atomic E-state index is -3.50. The van der Waals surface area contributed by atoms with Gasteiger partial charge in [-0.25, -0.2) is 0 Å². The second-order valence-corrected chi connectivity index (χ2v) is 7.53. The van der Waals surface area contributed by atoms with Crippen LogP contribution >= 0.6 is 23.2 Å². The first-order valence-corrected chi connectivity index (χ1v) is 9.25. The molecule has 0 aliphatic rings. The van der Waals surface area contributed by atoms with E-state index in [2.05, 4.69) is 0 Å². The van der Waals surface area contributed by atoms with Crippen LogP contribution in [-0.2, 0) is 20.7 Å². The van der Waals surface area contributed by atoms with E-state index in [1.807, 2.05) is 30.3 Å². The van der Waals surface area contributed by atoms with E-state index in [1.54, 1.807) is 18.2 Å². The van der Waals surface area contributed by atoms with Crippen molar-refractivity contribution < 1.29 is 12.6 Å². The molecule has 0 aliphatic carbocycles. The molecule has 1 atom stereocenters. The van der Waals surface area contributed by atoms with Gasteiger partial charge in [-0.15, -0.1) is 0 Å². The summed E-state index contributed by atoms with van der Waals surface area (Å²) < 4.78 is 27.5. The van der Waals surface area contributed by atoms with Crippen molar-refractivity contribution in [3.63, 3.8) is 0 Å². The van der Waals surface area contributed by atoms with E-state index in [4.69, 9.17) is 27.4 Å². The minimum Gasteiger partial charge on any atom is -0.270 e. The lowest BCUT2D eigenvalue weighted by Crippen LogP contribution is -2.15. The lowest BCUT2D eigenvalue weighted by molar-refractivity contribution is 0.293. The van der Waals surface area contributed by atoms with Gasteiger partial charge in [-0.05, 0) is 35.7 Å². The molecule has 0 radical (unpaired) electrons. The molecule has 2 rings (SSSR count). The summed E-state index contributed by atoms with van der Waals surface area (Å²) in [6.07, 6.45) is 1.65. The van der Waals surface area contributed by atoms with E-state index in [9.17, 15) is 8.42 Å². The van der Waals surface area contributed by atoms with Crippen molar-refractivity contribution in [3.8, 4) is 0 Å². The molecule has 2 aromatic carbocycles. The largest absolute Gasteiger partial charge is 0.270 e. The molecule has 3 nitrogen and oxygen atoms in total. The Morgan fingerprint density at radius 2 is 1.68 bits per heavy atom. The van der Waals surface area contributed by atoms with Crippen LogP contribution in [0, 0.1) is 0 Å². The van der Waals surface area contributed by atoms with Crippen LogP contribution in [0.15, 0.2) is 48.5 Å². The Hall–Kier alpha value is -1.07. The summed E-state index contributed by atoms with van der Waals surface area (Å²) in [5, 5.41) is 1.25. The van der Waals surface area contributed by atoms with Crippen molar-refractivity contribution >= 4 is 33.3 Å². The average Bonchev–Trinajstić information content (AvgIpc) is 2.45. The predicted octanol–water partition coefficient (Wildman–Crippen LogP) is 4.30. The number of halogens is 2. The van der Waals surface area contributed by atoms with Crippen molar-refractivity contribution in [1.82, 2.24) is 0 Å². The molecular formula is C16H16Cl2O3S. The minimum absolute atomic E-state index is 0.0468. The summed E-state index contributed by atoms with van der Waals surface area (Å²) in [4.78, 5) is 0. The monoisotopic (exact) mass is 358 g/mol. The number of hydrogen-bond acceptors (Lipinski definition) is 3. The maximum Gasteiger partial charge on any atom is 0.264 e. The van der Waals surface area contributed by atoms with Crippen LogP contribution in [0.5, 0.6) is 0 Å². The molecular weight excluding hydrogens is 343 g/mol. The maximum absolute atomic E-state index is 11.3. The average molecular weight is 359 g/mol. The normalized spacial score (nSPS) is 13.0. The lowest BCUT2D eigenvalue weighted by atomic mass is 9.93. The summed E-state index contributed by atoms with van der Waals surface area (Å²) >= 11 is 12.1. The zero-order valence-electron chi connectivity index (χ0n) is 12.0. The van der Waals surface area contributed by atoms with Gasteiger partial charge in [0.1, 0.15) is 0 Å². The van der Waals surface area contributed by atoms with Crippen molar-refractivity contribution in [3.05, 3.63) is 69.7 Å². The second kappa shape index (κ2) is 7.47. The topological polar surface area (TPSA) is 43.4 Å². The molecule has 0 saturated heterocycles. The highest BCUT2D eigenvalue weighted by Gasteiger charge is 2.18. The van der Waals surface area contributed by atoms with E-state index in [1.165, 1.54) is 0 Å². The zero-order valence-corrected chi connectivity index (χ0v) is 14.3. The van der Waals surface area contributed by atoms with Gasteiger partial charge in [-0.3, -0.25) is 4.18 Å². The first-order chi connectivity index (χ1) is 10.3. The fraction of sp³-hybridized carbons (Fsp3) is 0.250. The van der Waals surface area contributed by atoms with Gasteiger partial charge in [-0.2, -0.15) is 8.42 Å². The van der Waals surface area contributed by atoms with Gasteiger partial charge in [0.15, 0.2) is 0 Å². The number of rotatable bonds is 6. The zero-order chi connectivity index (χ0) is 16.2. The van der Waals surface area contributed by atoms with Gasteiger partial charge in [0, 0.05) is 16.0 Å². The number of benzene rings is 2. The third kappa shape index (κ3) is 5.29. The van der Waals surface area contributed by atoms with Gasteiger partial charge in [-0.1, -0.05) is 53.5 Å². The Kier molecular flexibility index (Phi) is 5.87. The van der Waals surface area contributed by atoms with Gasteiger partial charge >= 0.3 is 0 Å². The molecule has 0 aliphatic heterocycles. The van der Waals surface area contributed by atoms with Crippen LogP contribution in [0.25, 0.3) is 0 Å². The summed E-state index contributed by atoms with van der Waals surface area (Å²) in [6.45, 7) is 0.0468. The van der Waals surface area contributed by atoms with Crippen molar-refractivity contribution in [2.24, 2.45) is 0 Å². The van der Waals surface area contributed by atoms with Crippen LogP contribution in [0.4, 0.5) is 0 Å². The summed E-state index contributed by atoms with van der Waals surface area (Å²) in [7, 11) is -3.50. The molecule has 118 valence electrons. The second-order valence-electron chi connectivity index (χ2n) is 5.04. The van der Waals surface area contributed by atoms with Crippen LogP contribution in [-0.4, -0.2) is 21.3 Å². The Morgan fingerprint density at radius 3 is 2.27 bits per heavy atom. The third-order valence-electron chi connectivity index (χ3n) is 3.22. The van der Waals surface area contributed by atoms with E-state index >= 15 is 0 Å². The van der Waals surface area contributed by atoms with E-state index in [0.717, 1.165) is 17.4 Å². The molecule has 0 bridgehead atoms. The highest BCUT2D eigenvalue weighted by atomic mass is 35.5. The molecule has 22 heavy (non-hydrogen) atoms. The molecule has 0 heterocycles. The third-order valence-corrected chi connectivity index (χ3v) is 4.38. The fourth-order valence-corrected chi connectivity index (χ4v) is 3.00. The Labute approximate surface area is 141 Å². The quantitative estimate of drug-likeness (QED) is 0.723. The Bertz CT molecular complexity index is 727.